The number of hydrogen-bond donors (Lipinski definition) is 3. The first-order valence-corrected chi connectivity index (χ1v) is 8.61. The van der Waals surface area contributed by atoms with E-state index in [2.05, 4.69) is 27.3 Å². The van der Waals surface area contributed by atoms with Gasteiger partial charge in [0.15, 0.2) is 5.65 Å². The SMILES string of the molecule is CC1(CNc2nc3c(cnn3C(C)(C)C)c(=O)[nH]2)CCCCC1O. The molecule has 3 rings (SSSR count). The van der Waals surface area contributed by atoms with E-state index in [1.54, 1.807) is 10.9 Å². The number of anilines is 1. The average Bonchev–Trinajstić information content (AvgIpc) is 2.93. The highest BCUT2D eigenvalue weighted by molar-refractivity contribution is 5.74. The van der Waals surface area contributed by atoms with E-state index >= 15 is 0 Å². The van der Waals surface area contributed by atoms with Crippen molar-refractivity contribution in [3.63, 3.8) is 0 Å². The molecule has 7 heteroatoms. The number of fused-ring (bicyclic) bond motifs is 1. The molecule has 0 bridgehead atoms. The van der Waals surface area contributed by atoms with Crippen LogP contribution in [0.1, 0.15) is 53.4 Å². The van der Waals surface area contributed by atoms with Gasteiger partial charge in [-0.15, -0.1) is 0 Å². The Labute approximate surface area is 141 Å². The van der Waals surface area contributed by atoms with Crippen molar-refractivity contribution >= 4 is 17.0 Å². The van der Waals surface area contributed by atoms with Gasteiger partial charge < -0.3 is 10.4 Å². The largest absolute Gasteiger partial charge is 0.392 e. The molecule has 1 aliphatic rings. The summed E-state index contributed by atoms with van der Waals surface area (Å²) < 4.78 is 1.76. The third kappa shape index (κ3) is 3.05. The van der Waals surface area contributed by atoms with Crippen LogP contribution in [0, 0.1) is 5.41 Å². The molecule has 1 fully saturated rings. The number of hydrogen-bond acceptors (Lipinski definition) is 5. The summed E-state index contributed by atoms with van der Waals surface area (Å²) in [5.41, 5.74) is -0.0862. The molecule has 2 unspecified atom stereocenters. The number of nitrogens with zero attached hydrogens (tertiary/aromatic N) is 3. The fourth-order valence-corrected chi connectivity index (χ4v) is 3.37. The number of H-pyrrole nitrogens is 1. The molecule has 2 aromatic heterocycles. The molecule has 3 N–H and O–H groups in total. The van der Waals surface area contributed by atoms with Gasteiger partial charge in [-0.25, -0.2) is 4.68 Å². The molecule has 0 aromatic carbocycles. The van der Waals surface area contributed by atoms with E-state index in [-0.39, 0.29) is 22.6 Å². The first-order valence-electron chi connectivity index (χ1n) is 8.61. The van der Waals surface area contributed by atoms with Crippen molar-refractivity contribution in [2.45, 2.75) is 65.0 Å². The van der Waals surface area contributed by atoms with Crippen molar-refractivity contribution < 1.29 is 5.11 Å². The summed E-state index contributed by atoms with van der Waals surface area (Å²) in [5, 5.41) is 18.3. The van der Waals surface area contributed by atoms with Crippen LogP contribution in [0.5, 0.6) is 0 Å². The monoisotopic (exact) mass is 333 g/mol. The molecule has 0 radical (unpaired) electrons. The number of nitrogens with one attached hydrogen (secondary N) is 2. The molecule has 0 aliphatic heterocycles. The standard InChI is InChI=1S/C17H27N5O2/c1-16(2,3)22-13-11(9-19-22)14(24)21-15(20-13)18-10-17(4)8-6-5-7-12(17)23/h9,12,23H,5-8,10H2,1-4H3,(H2,18,20,21,24). The summed E-state index contributed by atoms with van der Waals surface area (Å²) in [5.74, 6) is 0.428. The normalized spacial score (nSPS) is 25.1. The Bertz CT molecular complexity index is 788. The van der Waals surface area contributed by atoms with E-state index in [0.29, 0.717) is 23.5 Å². The van der Waals surface area contributed by atoms with E-state index in [0.717, 1.165) is 25.7 Å². The molecule has 2 aromatic rings. The maximum atomic E-state index is 12.3. The van der Waals surface area contributed by atoms with Crippen LogP contribution in [0.25, 0.3) is 11.0 Å². The molecule has 24 heavy (non-hydrogen) atoms. The molecule has 1 aliphatic carbocycles. The summed E-state index contributed by atoms with van der Waals surface area (Å²) in [7, 11) is 0. The highest BCUT2D eigenvalue weighted by atomic mass is 16.3. The van der Waals surface area contributed by atoms with E-state index in [1.807, 2.05) is 20.8 Å². The van der Waals surface area contributed by atoms with E-state index in [4.69, 9.17) is 0 Å². The van der Waals surface area contributed by atoms with Crippen LogP contribution in [0.2, 0.25) is 0 Å². The maximum Gasteiger partial charge on any atom is 0.263 e. The van der Waals surface area contributed by atoms with Gasteiger partial charge in [0.05, 0.1) is 17.8 Å². The van der Waals surface area contributed by atoms with Gasteiger partial charge in [-0.05, 0) is 33.6 Å². The van der Waals surface area contributed by atoms with Gasteiger partial charge in [0, 0.05) is 12.0 Å². The van der Waals surface area contributed by atoms with Crippen molar-refractivity contribution in [1.29, 1.82) is 0 Å². The summed E-state index contributed by atoms with van der Waals surface area (Å²) in [6.45, 7) is 8.73. The summed E-state index contributed by atoms with van der Waals surface area (Å²) in [6.07, 6.45) is 5.22. The summed E-state index contributed by atoms with van der Waals surface area (Å²) in [4.78, 5) is 19.6. The minimum absolute atomic E-state index is 0.198. The number of aromatic nitrogens is 4. The Hall–Kier alpha value is -1.89. The van der Waals surface area contributed by atoms with E-state index in [9.17, 15) is 9.90 Å². The third-order valence-electron chi connectivity index (χ3n) is 5.01. The third-order valence-corrected chi connectivity index (χ3v) is 5.01. The minimum atomic E-state index is -0.325. The van der Waals surface area contributed by atoms with Gasteiger partial charge in [0.1, 0.15) is 5.39 Å². The van der Waals surface area contributed by atoms with E-state index < -0.39 is 0 Å². The Balaban J connectivity index is 1.89. The van der Waals surface area contributed by atoms with Crippen molar-refractivity contribution in [1.82, 2.24) is 19.7 Å². The minimum Gasteiger partial charge on any atom is -0.392 e. The fourth-order valence-electron chi connectivity index (χ4n) is 3.37. The zero-order valence-electron chi connectivity index (χ0n) is 14.9. The van der Waals surface area contributed by atoms with Crippen LogP contribution >= 0.6 is 0 Å². The van der Waals surface area contributed by atoms with Crippen molar-refractivity contribution in [3.05, 3.63) is 16.6 Å². The number of rotatable bonds is 3. The molecular formula is C17H27N5O2. The summed E-state index contributed by atoms with van der Waals surface area (Å²) >= 11 is 0. The topological polar surface area (TPSA) is 95.8 Å². The van der Waals surface area contributed by atoms with Crippen LogP contribution in [0.4, 0.5) is 5.95 Å². The summed E-state index contributed by atoms with van der Waals surface area (Å²) in [6, 6.07) is 0. The first kappa shape index (κ1) is 17.0. The van der Waals surface area contributed by atoms with E-state index in [1.165, 1.54) is 0 Å². The van der Waals surface area contributed by atoms with Crippen LogP contribution in [0.3, 0.4) is 0 Å². The second-order valence-electron chi connectivity index (χ2n) is 8.15. The van der Waals surface area contributed by atoms with Crippen molar-refractivity contribution in [2.75, 3.05) is 11.9 Å². The van der Waals surface area contributed by atoms with Gasteiger partial charge in [0.25, 0.3) is 5.56 Å². The van der Waals surface area contributed by atoms with Crippen molar-refractivity contribution in [3.8, 4) is 0 Å². The quantitative estimate of drug-likeness (QED) is 0.800. The van der Waals surface area contributed by atoms with Crippen LogP contribution in [-0.2, 0) is 5.54 Å². The molecule has 7 nitrogen and oxygen atoms in total. The Morgan fingerprint density at radius 3 is 2.88 bits per heavy atom. The lowest BCUT2D eigenvalue weighted by molar-refractivity contribution is 0.00953. The predicted molar refractivity (Wildman–Crippen MR) is 94.2 cm³/mol. The van der Waals surface area contributed by atoms with Gasteiger partial charge in [-0.1, -0.05) is 19.8 Å². The van der Waals surface area contributed by atoms with Crippen molar-refractivity contribution in [2.24, 2.45) is 5.41 Å². The molecular weight excluding hydrogens is 306 g/mol. The van der Waals surface area contributed by atoms with Gasteiger partial charge >= 0.3 is 0 Å². The smallest absolute Gasteiger partial charge is 0.263 e. The highest BCUT2D eigenvalue weighted by Gasteiger charge is 2.35. The molecule has 0 spiro atoms. The lowest BCUT2D eigenvalue weighted by Gasteiger charge is -2.38. The molecule has 0 amide bonds. The maximum absolute atomic E-state index is 12.3. The lowest BCUT2D eigenvalue weighted by atomic mass is 9.73. The second-order valence-corrected chi connectivity index (χ2v) is 8.15. The molecule has 2 heterocycles. The van der Waals surface area contributed by atoms with Crippen LogP contribution in [0.15, 0.2) is 11.0 Å². The molecule has 1 saturated carbocycles. The predicted octanol–water partition coefficient (Wildman–Crippen LogP) is 2.23. The van der Waals surface area contributed by atoms with Gasteiger partial charge in [-0.3, -0.25) is 9.78 Å². The zero-order chi connectivity index (χ0) is 17.5. The average molecular weight is 333 g/mol. The Kier molecular flexibility index (Phi) is 4.15. The number of aromatic amines is 1. The second kappa shape index (κ2) is 5.88. The highest BCUT2D eigenvalue weighted by Crippen LogP contribution is 2.36. The lowest BCUT2D eigenvalue weighted by Crippen LogP contribution is -2.41. The fraction of sp³-hybridized carbons (Fsp3) is 0.706. The Morgan fingerprint density at radius 1 is 1.46 bits per heavy atom. The van der Waals surface area contributed by atoms with Crippen LogP contribution < -0.4 is 10.9 Å². The molecule has 2 atom stereocenters. The molecule has 0 saturated heterocycles. The Morgan fingerprint density at radius 2 is 2.21 bits per heavy atom. The van der Waals surface area contributed by atoms with Crippen LogP contribution in [-0.4, -0.2) is 37.5 Å². The number of aliphatic hydroxyl groups excluding tert-OH is 1. The first-order chi connectivity index (χ1) is 11.2. The van der Waals surface area contributed by atoms with Gasteiger partial charge in [-0.2, -0.15) is 10.1 Å². The van der Waals surface area contributed by atoms with Gasteiger partial charge in [0.2, 0.25) is 5.95 Å². The molecule has 132 valence electrons. The number of aliphatic hydroxyl groups is 1. The zero-order valence-corrected chi connectivity index (χ0v) is 14.9.